The summed E-state index contributed by atoms with van der Waals surface area (Å²) in [5.41, 5.74) is 1.09. The maximum atomic E-state index is 10.8. The number of carboxylic acid groups (broad SMARTS) is 1. The highest BCUT2D eigenvalue weighted by Gasteiger charge is 2.22. The summed E-state index contributed by atoms with van der Waals surface area (Å²) >= 11 is 0. The number of nitrogens with zero attached hydrogens (tertiary/aromatic N) is 3. The van der Waals surface area contributed by atoms with E-state index in [0.29, 0.717) is 17.1 Å². The smallest absolute Gasteiger partial charge is 0.308 e. The zero-order chi connectivity index (χ0) is 13.2. The van der Waals surface area contributed by atoms with Crippen LogP contribution in [0.5, 0.6) is 0 Å². The van der Waals surface area contributed by atoms with Crippen LogP contribution in [-0.2, 0) is 11.8 Å². The number of hydrogen-bond donors (Lipinski definition) is 2. The van der Waals surface area contributed by atoms with Crippen LogP contribution >= 0.6 is 0 Å². The van der Waals surface area contributed by atoms with Crippen LogP contribution < -0.4 is 5.32 Å². The number of nitrogens with one attached hydrogen (secondary N) is 1. The molecule has 6 nitrogen and oxygen atoms in total. The minimum absolute atomic E-state index is 0.283. The summed E-state index contributed by atoms with van der Waals surface area (Å²) in [5.74, 6) is -0.857. The first-order chi connectivity index (χ1) is 7.88. The standard InChI is InChI=1S/C11H16N4O2/c1-6(11(16)17)7(2)13-10-9(5-12)8(3)14-15(10)4/h6-7,13H,1-4H3,(H,16,17). The first kappa shape index (κ1) is 13.0. The maximum Gasteiger partial charge on any atom is 0.308 e. The molecule has 17 heavy (non-hydrogen) atoms. The van der Waals surface area contributed by atoms with Gasteiger partial charge in [-0.3, -0.25) is 9.48 Å². The molecule has 2 unspecified atom stereocenters. The molecule has 0 aliphatic rings. The van der Waals surface area contributed by atoms with Crippen molar-refractivity contribution in [1.29, 1.82) is 5.26 Å². The summed E-state index contributed by atoms with van der Waals surface area (Å²) in [4.78, 5) is 10.8. The molecule has 0 saturated heterocycles. The number of aromatic nitrogens is 2. The number of hydrogen-bond acceptors (Lipinski definition) is 4. The molecule has 0 radical (unpaired) electrons. The van der Waals surface area contributed by atoms with E-state index in [-0.39, 0.29) is 6.04 Å². The fraction of sp³-hybridized carbons (Fsp3) is 0.545. The topological polar surface area (TPSA) is 90.9 Å². The van der Waals surface area contributed by atoms with Gasteiger partial charge in [0.15, 0.2) is 0 Å². The van der Waals surface area contributed by atoms with E-state index in [1.165, 1.54) is 0 Å². The molecule has 1 aromatic rings. The van der Waals surface area contributed by atoms with E-state index in [9.17, 15) is 4.79 Å². The molecule has 0 aliphatic heterocycles. The molecule has 92 valence electrons. The Labute approximate surface area is 99.9 Å². The predicted octanol–water partition coefficient (Wildman–Crippen LogP) is 1.12. The summed E-state index contributed by atoms with van der Waals surface area (Å²) < 4.78 is 1.55. The van der Waals surface area contributed by atoms with Crippen molar-refractivity contribution in [2.45, 2.75) is 26.8 Å². The van der Waals surface area contributed by atoms with Gasteiger partial charge in [0.25, 0.3) is 0 Å². The minimum atomic E-state index is -0.873. The Morgan fingerprint density at radius 3 is 2.65 bits per heavy atom. The van der Waals surface area contributed by atoms with Gasteiger partial charge in [0.2, 0.25) is 0 Å². The Hall–Kier alpha value is -2.03. The summed E-state index contributed by atoms with van der Waals surface area (Å²) in [6.45, 7) is 5.13. The molecular weight excluding hydrogens is 220 g/mol. The van der Waals surface area contributed by atoms with E-state index in [2.05, 4.69) is 16.5 Å². The van der Waals surface area contributed by atoms with Crippen LogP contribution in [0.4, 0.5) is 5.82 Å². The molecular formula is C11H16N4O2. The third-order valence-electron chi connectivity index (χ3n) is 2.84. The van der Waals surface area contributed by atoms with Crippen molar-refractivity contribution in [2.24, 2.45) is 13.0 Å². The van der Waals surface area contributed by atoms with Crippen molar-refractivity contribution in [1.82, 2.24) is 9.78 Å². The van der Waals surface area contributed by atoms with E-state index in [0.717, 1.165) is 0 Å². The summed E-state index contributed by atoms with van der Waals surface area (Å²) in [6.07, 6.45) is 0. The summed E-state index contributed by atoms with van der Waals surface area (Å²) in [7, 11) is 1.72. The van der Waals surface area contributed by atoms with Crippen LogP contribution in [0.3, 0.4) is 0 Å². The molecule has 0 saturated carbocycles. The molecule has 0 amide bonds. The van der Waals surface area contributed by atoms with E-state index >= 15 is 0 Å². The van der Waals surface area contributed by atoms with Gasteiger partial charge in [-0.15, -0.1) is 0 Å². The maximum absolute atomic E-state index is 10.8. The molecule has 1 aromatic heterocycles. The van der Waals surface area contributed by atoms with Gasteiger partial charge in [-0.1, -0.05) is 0 Å². The van der Waals surface area contributed by atoms with Gasteiger partial charge in [0, 0.05) is 13.1 Å². The number of rotatable bonds is 4. The van der Waals surface area contributed by atoms with Crippen LogP contribution in [0.1, 0.15) is 25.1 Å². The molecule has 1 heterocycles. The van der Waals surface area contributed by atoms with Gasteiger partial charge < -0.3 is 10.4 Å². The second-order valence-electron chi connectivity index (χ2n) is 4.10. The van der Waals surface area contributed by atoms with Crippen LogP contribution in [0.15, 0.2) is 0 Å². The Kier molecular flexibility index (Phi) is 3.73. The predicted molar refractivity (Wildman–Crippen MR) is 62.5 cm³/mol. The zero-order valence-electron chi connectivity index (χ0n) is 10.4. The average molecular weight is 236 g/mol. The van der Waals surface area contributed by atoms with E-state index in [1.54, 1.807) is 32.5 Å². The Morgan fingerprint density at radius 1 is 1.59 bits per heavy atom. The largest absolute Gasteiger partial charge is 0.481 e. The van der Waals surface area contributed by atoms with Crippen LogP contribution in [0.2, 0.25) is 0 Å². The third kappa shape index (κ3) is 2.56. The number of aryl methyl sites for hydroxylation is 2. The number of anilines is 1. The highest BCUT2D eigenvalue weighted by atomic mass is 16.4. The second-order valence-corrected chi connectivity index (χ2v) is 4.10. The van der Waals surface area contributed by atoms with E-state index in [1.807, 2.05) is 0 Å². The number of carbonyl (C=O) groups is 1. The summed E-state index contributed by atoms with van der Waals surface area (Å²) in [5, 5.41) is 25.1. The van der Waals surface area contributed by atoms with Crippen LogP contribution in [0.25, 0.3) is 0 Å². The van der Waals surface area contributed by atoms with Crippen molar-refractivity contribution >= 4 is 11.8 Å². The first-order valence-corrected chi connectivity index (χ1v) is 5.31. The van der Waals surface area contributed by atoms with Gasteiger partial charge in [0.05, 0.1) is 11.6 Å². The second kappa shape index (κ2) is 4.87. The van der Waals surface area contributed by atoms with Crippen molar-refractivity contribution in [2.75, 3.05) is 5.32 Å². The monoisotopic (exact) mass is 236 g/mol. The highest BCUT2D eigenvalue weighted by molar-refractivity contribution is 5.71. The molecule has 1 rings (SSSR count). The quantitative estimate of drug-likeness (QED) is 0.817. The lowest BCUT2D eigenvalue weighted by atomic mass is 10.0. The molecule has 2 atom stereocenters. The van der Waals surface area contributed by atoms with Gasteiger partial charge in [-0.25, -0.2) is 0 Å². The normalized spacial score (nSPS) is 13.8. The number of aliphatic carboxylic acids is 1. The van der Waals surface area contributed by atoms with Crippen LogP contribution in [0, 0.1) is 24.2 Å². The zero-order valence-corrected chi connectivity index (χ0v) is 10.4. The Morgan fingerprint density at radius 2 is 2.18 bits per heavy atom. The lowest BCUT2D eigenvalue weighted by molar-refractivity contribution is -0.141. The Balaban J connectivity index is 2.96. The number of nitriles is 1. The van der Waals surface area contributed by atoms with E-state index < -0.39 is 11.9 Å². The van der Waals surface area contributed by atoms with Gasteiger partial charge in [-0.05, 0) is 20.8 Å². The molecule has 6 heteroatoms. The Bertz CT molecular complexity index is 473. The van der Waals surface area contributed by atoms with Gasteiger partial charge in [-0.2, -0.15) is 10.4 Å². The minimum Gasteiger partial charge on any atom is -0.481 e. The highest BCUT2D eigenvalue weighted by Crippen LogP contribution is 2.20. The van der Waals surface area contributed by atoms with Crippen molar-refractivity contribution in [3.8, 4) is 6.07 Å². The lowest BCUT2D eigenvalue weighted by Gasteiger charge is -2.19. The third-order valence-corrected chi connectivity index (χ3v) is 2.84. The molecule has 0 spiro atoms. The molecule has 2 N–H and O–H groups in total. The van der Waals surface area contributed by atoms with Crippen molar-refractivity contribution in [3.63, 3.8) is 0 Å². The molecule has 0 fully saturated rings. The molecule has 0 bridgehead atoms. The first-order valence-electron chi connectivity index (χ1n) is 5.31. The van der Waals surface area contributed by atoms with Crippen molar-refractivity contribution < 1.29 is 9.90 Å². The van der Waals surface area contributed by atoms with Gasteiger partial charge >= 0.3 is 5.97 Å². The van der Waals surface area contributed by atoms with E-state index in [4.69, 9.17) is 10.4 Å². The van der Waals surface area contributed by atoms with Crippen molar-refractivity contribution in [3.05, 3.63) is 11.3 Å². The average Bonchev–Trinajstić information content (AvgIpc) is 2.52. The SMILES string of the molecule is Cc1nn(C)c(NC(C)C(C)C(=O)O)c1C#N. The number of carboxylic acids is 1. The molecule has 0 aliphatic carbocycles. The lowest BCUT2D eigenvalue weighted by Crippen LogP contribution is -2.30. The summed E-state index contributed by atoms with van der Waals surface area (Å²) in [6, 6.07) is 1.78. The van der Waals surface area contributed by atoms with Crippen LogP contribution in [-0.4, -0.2) is 26.9 Å². The molecule has 0 aromatic carbocycles. The van der Waals surface area contributed by atoms with Gasteiger partial charge in [0.1, 0.15) is 17.5 Å². The fourth-order valence-corrected chi connectivity index (χ4v) is 1.51. The fourth-order valence-electron chi connectivity index (χ4n) is 1.51.